The number of nitrogens with zero attached hydrogens (tertiary/aromatic N) is 3. The van der Waals surface area contributed by atoms with Gasteiger partial charge in [0.05, 0.1) is 12.7 Å². The third-order valence-electron chi connectivity index (χ3n) is 8.24. The summed E-state index contributed by atoms with van der Waals surface area (Å²) in [5.74, 6) is -0.899. The van der Waals surface area contributed by atoms with Crippen LogP contribution in [0.1, 0.15) is 19.8 Å². The van der Waals surface area contributed by atoms with E-state index in [0.717, 1.165) is 6.07 Å². The first-order chi connectivity index (χ1) is 22.2. The zero-order valence-corrected chi connectivity index (χ0v) is 24.9. The van der Waals surface area contributed by atoms with Gasteiger partial charge in [-0.1, -0.05) is 0 Å². The van der Waals surface area contributed by atoms with Crippen molar-refractivity contribution < 1.29 is 38.1 Å². The quantitative estimate of drug-likeness (QED) is 0.273. The van der Waals surface area contributed by atoms with Crippen LogP contribution in [0.25, 0.3) is 0 Å². The van der Waals surface area contributed by atoms with E-state index in [1.54, 1.807) is 11.8 Å². The van der Waals surface area contributed by atoms with Gasteiger partial charge in [-0.3, -0.25) is 10.1 Å². The zero-order valence-electron chi connectivity index (χ0n) is 24.9. The molecule has 4 N–H and O–H groups in total. The maximum atomic E-state index is 15.2. The molecule has 3 aromatic rings. The molecular weight excluding hydrogens is 600 g/mol. The summed E-state index contributed by atoms with van der Waals surface area (Å²) in [6.07, 6.45) is 4.09. The summed E-state index contributed by atoms with van der Waals surface area (Å²) in [4.78, 5) is 33.4. The van der Waals surface area contributed by atoms with Gasteiger partial charge >= 0.3 is 6.03 Å². The summed E-state index contributed by atoms with van der Waals surface area (Å²) in [6, 6.07) is 11.9. The molecule has 2 aliphatic heterocycles. The number of aliphatic hydroxyl groups is 2. The molecule has 3 unspecified atom stereocenters. The van der Waals surface area contributed by atoms with Crippen molar-refractivity contribution in [3.63, 3.8) is 0 Å². The van der Waals surface area contributed by atoms with E-state index in [1.807, 2.05) is 0 Å². The SMILES string of the molecule is CCOC1=C(C(=O)Nc2ccc(Oc3ccnc(NC(=O)N4CC5CC(O)CC5C4)c3)c(F)c2)C(O)N(c2ccc(F)cc2)C=C1. The number of fused-ring (bicyclic) bond motifs is 1. The number of hydrogen-bond acceptors (Lipinski definition) is 8. The van der Waals surface area contributed by atoms with Crippen molar-refractivity contribution in [2.45, 2.75) is 32.1 Å². The molecule has 1 aliphatic carbocycles. The van der Waals surface area contributed by atoms with Gasteiger partial charge in [-0.15, -0.1) is 0 Å². The van der Waals surface area contributed by atoms with E-state index in [1.165, 1.54) is 71.9 Å². The molecule has 1 saturated heterocycles. The molecule has 3 amide bonds. The molecule has 3 atom stereocenters. The number of allylic oxidation sites excluding steroid dienone is 1. The van der Waals surface area contributed by atoms with Crippen LogP contribution in [-0.2, 0) is 9.53 Å². The van der Waals surface area contributed by atoms with Crippen LogP contribution in [-0.4, -0.2) is 64.1 Å². The minimum absolute atomic E-state index is 0.0962. The Hall–Kier alpha value is -5.01. The number of aliphatic hydroxyl groups excluding tert-OH is 2. The second-order valence-corrected chi connectivity index (χ2v) is 11.3. The van der Waals surface area contributed by atoms with Crippen LogP contribution in [0.15, 0.2) is 84.4 Å². The minimum atomic E-state index is -1.47. The lowest BCUT2D eigenvalue weighted by Crippen LogP contribution is -2.40. The summed E-state index contributed by atoms with van der Waals surface area (Å²) in [5.41, 5.74) is 0.422. The highest BCUT2D eigenvalue weighted by Gasteiger charge is 2.42. The first-order valence-electron chi connectivity index (χ1n) is 14.9. The predicted octanol–water partition coefficient (Wildman–Crippen LogP) is 4.97. The Labute approximate surface area is 263 Å². The van der Waals surface area contributed by atoms with Crippen LogP contribution in [0.3, 0.4) is 0 Å². The van der Waals surface area contributed by atoms with Crippen molar-refractivity contribution in [1.82, 2.24) is 9.88 Å². The second-order valence-electron chi connectivity index (χ2n) is 11.3. The highest BCUT2D eigenvalue weighted by Crippen LogP contribution is 2.38. The molecule has 13 heteroatoms. The molecule has 11 nitrogen and oxygen atoms in total. The normalized spacial score (nSPS) is 22.1. The van der Waals surface area contributed by atoms with Crippen LogP contribution in [0.4, 0.5) is 30.8 Å². The molecule has 3 heterocycles. The third-order valence-corrected chi connectivity index (χ3v) is 8.24. The van der Waals surface area contributed by atoms with Gasteiger partial charge in [-0.05, 0) is 80.1 Å². The molecule has 240 valence electrons. The Kier molecular flexibility index (Phi) is 8.86. The van der Waals surface area contributed by atoms with Crippen LogP contribution >= 0.6 is 0 Å². The lowest BCUT2D eigenvalue weighted by atomic mass is 10.0. The predicted molar refractivity (Wildman–Crippen MR) is 165 cm³/mol. The summed E-state index contributed by atoms with van der Waals surface area (Å²) in [5, 5.41) is 26.3. The number of urea groups is 1. The molecule has 46 heavy (non-hydrogen) atoms. The molecular formula is C33H33F2N5O6. The third kappa shape index (κ3) is 6.65. The number of halogens is 2. The topological polar surface area (TPSA) is 136 Å². The number of pyridine rings is 1. The standard InChI is InChI=1S/C33H33F2N5O6/c1-2-45-28-10-12-40(23-6-3-21(34)4-7-23)32(43)30(28)31(42)37-22-5-8-27(26(35)15-22)46-25-9-11-36-29(16-25)38-33(44)39-17-19-13-24(41)14-20(19)18-39/h3-12,15-16,19-20,24,32,41,43H,2,13-14,17-18H2,1H3,(H,37,42)(H,36,38,44). The van der Waals surface area contributed by atoms with E-state index in [-0.39, 0.29) is 53.1 Å². The minimum Gasteiger partial charge on any atom is -0.493 e. The van der Waals surface area contributed by atoms with E-state index in [9.17, 15) is 24.2 Å². The summed E-state index contributed by atoms with van der Waals surface area (Å²) in [7, 11) is 0. The smallest absolute Gasteiger partial charge is 0.323 e. The molecule has 3 aliphatic rings. The fourth-order valence-corrected chi connectivity index (χ4v) is 6.09. The number of rotatable bonds is 8. The Bertz CT molecular complexity index is 1670. The Balaban J connectivity index is 1.10. The highest BCUT2D eigenvalue weighted by molar-refractivity contribution is 6.05. The van der Waals surface area contributed by atoms with Gasteiger partial charge in [-0.2, -0.15) is 0 Å². The number of carbonyl (C=O) groups excluding carboxylic acids is 2. The van der Waals surface area contributed by atoms with Gasteiger partial charge in [0.25, 0.3) is 5.91 Å². The molecule has 0 bridgehead atoms. The van der Waals surface area contributed by atoms with Crippen molar-refractivity contribution >= 4 is 29.1 Å². The summed E-state index contributed by atoms with van der Waals surface area (Å²) < 4.78 is 39.9. The molecule has 1 saturated carbocycles. The average molecular weight is 634 g/mol. The van der Waals surface area contributed by atoms with Gasteiger partial charge in [0.2, 0.25) is 0 Å². The number of benzene rings is 2. The Morgan fingerprint density at radius 2 is 1.74 bits per heavy atom. The largest absolute Gasteiger partial charge is 0.493 e. The van der Waals surface area contributed by atoms with Crippen LogP contribution < -0.4 is 20.3 Å². The van der Waals surface area contributed by atoms with Crippen LogP contribution in [0, 0.1) is 23.5 Å². The van der Waals surface area contributed by atoms with Crippen LogP contribution in [0.2, 0.25) is 0 Å². The number of aromatic nitrogens is 1. The molecule has 0 radical (unpaired) electrons. The van der Waals surface area contributed by atoms with E-state index < -0.39 is 23.8 Å². The Morgan fingerprint density at radius 3 is 2.43 bits per heavy atom. The van der Waals surface area contributed by atoms with Crippen molar-refractivity contribution in [1.29, 1.82) is 0 Å². The molecule has 6 rings (SSSR count). The number of anilines is 3. The van der Waals surface area contributed by atoms with Crippen molar-refractivity contribution in [3.8, 4) is 11.5 Å². The van der Waals surface area contributed by atoms with Crippen molar-refractivity contribution in [2.75, 3.05) is 35.2 Å². The summed E-state index contributed by atoms with van der Waals surface area (Å²) >= 11 is 0. The van der Waals surface area contributed by atoms with Gasteiger partial charge < -0.3 is 34.8 Å². The van der Waals surface area contributed by atoms with Crippen molar-refractivity contribution in [3.05, 3.63) is 96.0 Å². The number of hydrogen-bond donors (Lipinski definition) is 4. The molecule has 1 aromatic heterocycles. The van der Waals surface area contributed by atoms with Crippen molar-refractivity contribution in [2.24, 2.45) is 11.8 Å². The molecule has 0 spiro atoms. The fraction of sp³-hybridized carbons (Fsp3) is 0.303. The van der Waals surface area contributed by atoms with Gasteiger partial charge in [0.1, 0.15) is 28.7 Å². The van der Waals surface area contributed by atoms with Gasteiger partial charge in [0, 0.05) is 49.0 Å². The number of ether oxygens (including phenoxy) is 2. The highest BCUT2D eigenvalue weighted by atomic mass is 19.1. The Morgan fingerprint density at radius 1 is 1.00 bits per heavy atom. The van der Waals surface area contributed by atoms with E-state index >= 15 is 4.39 Å². The van der Waals surface area contributed by atoms with Gasteiger partial charge in [0.15, 0.2) is 17.8 Å². The lowest BCUT2D eigenvalue weighted by molar-refractivity contribution is -0.114. The van der Waals surface area contributed by atoms with E-state index in [0.29, 0.717) is 43.5 Å². The molecule has 2 fully saturated rings. The fourth-order valence-electron chi connectivity index (χ4n) is 6.09. The molecule has 2 aromatic carbocycles. The summed E-state index contributed by atoms with van der Waals surface area (Å²) in [6.45, 7) is 3.10. The number of nitrogens with one attached hydrogen (secondary N) is 2. The average Bonchev–Trinajstić information content (AvgIpc) is 3.57. The first-order valence-corrected chi connectivity index (χ1v) is 14.9. The van der Waals surface area contributed by atoms with Crippen LogP contribution in [0.5, 0.6) is 11.5 Å². The lowest BCUT2D eigenvalue weighted by Gasteiger charge is -2.32. The number of carbonyl (C=O) groups is 2. The van der Waals surface area contributed by atoms with E-state index in [4.69, 9.17) is 9.47 Å². The number of amides is 3. The van der Waals surface area contributed by atoms with Gasteiger partial charge in [-0.25, -0.2) is 18.6 Å². The number of likely N-dealkylation sites (tertiary alicyclic amines) is 1. The zero-order chi connectivity index (χ0) is 32.4. The van der Waals surface area contributed by atoms with E-state index in [2.05, 4.69) is 15.6 Å². The monoisotopic (exact) mass is 633 g/mol. The first kappa shape index (κ1) is 31.0. The maximum absolute atomic E-state index is 15.2. The second kappa shape index (κ2) is 13.2. The maximum Gasteiger partial charge on any atom is 0.323 e.